The van der Waals surface area contributed by atoms with Gasteiger partial charge in [-0.1, -0.05) is 23.9 Å². The molecule has 1 aromatic carbocycles. The third-order valence-corrected chi connectivity index (χ3v) is 4.13. The summed E-state index contributed by atoms with van der Waals surface area (Å²) in [4.78, 5) is 37.8. The van der Waals surface area contributed by atoms with Crippen LogP contribution in [0, 0.1) is 4.91 Å². The van der Waals surface area contributed by atoms with Gasteiger partial charge < -0.3 is 14.5 Å². The van der Waals surface area contributed by atoms with Crippen molar-refractivity contribution in [3.05, 3.63) is 29.2 Å². The monoisotopic (exact) mass is 355 g/mol. The molecule has 23 heavy (non-hydrogen) atoms. The number of amides is 1. The first-order chi connectivity index (χ1) is 11.1. The van der Waals surface area contributed by atoms with E-state index in [9.17, 15) is 14.5 Å². The summed E-state index contributed by atoms with van der Waals surface area (Å²) in [7, 11) is 1.20. The number of nitroso groups, excluding NO2 is 1. The van der Waals surface area contributed by atoms with Gasteiger partial charge >= 0.3 is 5.97 Å². The number of aromatic nitrogens is 1. The van der Waals surface area contributed by atoms with Gasteiger partial charge in [0.05, 0.1) is 12.9 Å². The van der Waals surface area contributed by atoms with Gasteiger partial charge in [0.15, 0.2) is 5.58 Å². The summed E-state index contributed by atoms with van der Waals surface area (Å²) >= 11 is 1.74. The Morgan fingerprint density at radius 1 is 1.43 bits per heavy atom. The van der Waals surface area contributed by atoms with Crippen LogP contribution in [0.15, 0.2) is 38.5 Å². The minimum absolute atomic E-state index is 0.00939. The van der Waals surface area contributed by atoms with Crippen molar-refractivity contribution in [2.24, 2.45) is 4.58 Å². The molecule has 0 unspecified atom stereocenters. The largest absolute Gasteiger partial charge is 0.467 e. The molecule has 0 saturated heterocycles. The van der Waals surface area contributed by atoms with E-state index in [1.807, 2.05) is 12.1 Å². The Morgan fingerprint density at radius 3 is 2.91 bits per heavy atom. The topological polar surface area (TPSA) is 111 Å². The van der Waals surface area contributed by atoms with Crippen molar-refractivity contribution in [1.82, 2.24) is 10.3 Å². The minimum Gasteiger partial charge on any atom is -0.467 e. The maximum Gasteiger partial charge on any atom is 0.329 e. The number of benzene rings is 1. The lowest BCUT2D eigenvalue weighted by Crippen LogP contribution is -2.44. The number of nitrogens with zero attached hydrogens (tertiary/aromatic N) is 2. The number of hydrogen-bond acceptors (Lipinski definition) is 9. The van der Waals surface area contributed by atoms with Crippen molar-refractivity contribution in [3.8, 4) is 0 Å². The predicted molar refractivity (Wildman–Crippen MR) is 86.9 cm³/mol. The van der Waals surface area contributed by atoms with Gasteiger partial charge in [0.1, 0.15) is 11.6 Å². The van der Waals surface area contributed by atoms with Gasteiger partial charge in [-0.3, -0.25) is 4.79 Å². The van der Waals surface area contributed by atoms with Crippen molar-refractivity contribution < 1.29 is 18.7 Å². The van der Waals surface area contributed by atoms with E-state index in [1.165, 1.54) is 7.11 Å². The van der Waals surface area contributed by atoms with Crippen molar-refractivity contribution >= 4 is 46.7 Å². The molecule has 0 aliphatic heterocycles. The molecule has 1 N–H and O–H groups in total. The molecular weight excluding hydrogens is 342 g/mol. The van der Waals surface area contributed by atoms with Crippen LogP contribution in [-0.4, -0.2) is 41.5 Å². The number of oxazole rings is 1. The molecule has 1 amide bonds. The molecule has 2 aromatic rings. The normalized spacial score (nSPS) is 11.9. The van der Waals surface area contributed by atoms with E-state index in [1.54, 1.807) is 12.1 Å². The summed E-state index contributed by atoms with van der Waals surface area (Å²) in [5, 5.41) is 2.84. The van der Waals surface area contributed by atoms with Crippen molar-refractivity contribution in [1.29, 1.82) is 0 Å². The zero-order valence-corrected chi connectivity index (χ0v) is 13.7. The van der Waals surface area contributed by atoms with Crippen molar-refractivity contribution in [3.63, 3.8) is 0 Å². The number of hydrogen-bond donors (Lipinski definition) is 1. The van der Waals surface area contributed by atoms with Crippen LogP contribution in [0.1, 0.15) is 0 Å². The predicted octanol–water partition coefficient (Wildman–Crippen LogP) is 1.99. The summed E-state index contributed by atoms with van der Waals surface area (Å²) in [6, 6.07) is 6.32. The van der Waals surface area contributed by atoms with Gasteiger partial charge in [-0.25, -0.2) is 9.78 Å². The average Bonchev–Trinajstić information content (AvgIpc) is 2.99. The number of rotatable bonds is 8. The van der Waals surface area contributed by atoms with E-state index in [0.717, 1.165) is 11.8 Å². The lowest BCUT2D eigenvalue weighted by Gasteiger charge is -2.13. The minimum atomic E-state index is -0.931. The van der Waals surface area contributed by atoms with Crippen molar-refractivity contribution in [2.45, 2.75) is 11.3 Å². The highest BCUT2D eigenvalue weighted by atomic mass is 32.2. The number of thioether (sulfide) groups is 1. The van der Waals surface area contributed by atoms with Gasteiger partial charge in [0, 0.05) is 22.3 Å². The molecule has 0 spiro atoms. The molecule has 0 radical (unpaired) electrons. The van der Waals surface area contributed by atoms with E-state index >= 15 is 0 Å². The van der Waals surface area contributed by atoms with Gasteiger partial charge in [-0.2, -0.15) is 0 Å². The molecule has 1 atom stereocenters. The molecule has 1 heterocycles. The van der Waals surface area contributed by atoms with Crippen LogP contribution < -0.4 is 5.32 Å². The fourth-order valence-corrected chi connectivity index (χ4v) is 2.77. The second-order valence-corrected chi connectivity index (χ2v) is 5.92. The van der Waals surface area contributed by atoms with Gasteiger partial charge in [-0.15, -0.1) is 4.91 Å². The lowest BCUT2D eigenvalue weighted by atomic mass is 10.3. The highest BCUT2D eigenvalue weighted by Gasteiger charge is 2.22. The summed E-state index contributed by atoms with van der Waals surface area (Å²) in [6.45, 7) is 0. The van der Waals surface area contributed by atoms with Crippen LogP contribution in [0.25, 0.3) is 11.1 Å². The van der Waals surface area contributed by atoms with E-state index < -0.39 is 17.9 Å². The summed E-state index contributed by atoms with van der Waals surface area (Å²) in [5.41, 5.74) is 1.34. The SMILES string of the molecule is COC(=O)[C@H](CSN=O)NC(=O)CSc1nc2ccccc2o1. The Bertz CT molecular complexity index is 673. The molecule has 10 heteroatoms. The number of carbonyl (C=O) groups excluding carboxylic acids is 2. The third kappa shape index (κ3) is 4.96. The molecule has 1 aromatic heterocycles. The molecule has 8 nitrogen and oxygen atoms in total. The lowest BCUT2D eigenvalue weighted by molar-refractivity contribution is -0.144. The van der Waals surface area contributed by atoms with E-state index in [-0.39, 0.29) is 11.5 Å². The highest BCUT2D eigenvalue weighted by molar-refractivity contribution is 7.99. The summed E-state index contributed by atoms with van der Waals surface area (Å²) in [5.74, 6) is -1.02. The van der Waals surface area contributed by atoms with Crippen LogP contribution in [-0.2, 0) is 14.3 Å². The highest BCUT2D eigenvalue weighted by Crippen LogP contribution is 2.22. The van der Waals surface area contributed by atoms with E-state index in [0.29, 0.717) is 28.3 Å². The first kappa shape index (κ1) is 17.3. The Hall–Kier alpha value is -2.07. The molecule has 0 fully saturated rings. The van der Waals surface area contributed by atoms with E-state index in [4.69, 9.17) is 4.42 Å². The maximum absolute atomic E-state index is 11.9. The fraction of sp³-hybridized carbons (Fsp3) is 0.308. The fourth-order valence-electron chi connectivity index (χ4n) is 1.69. The van der Waals surface area contributed by atoms with Crippen LogP contribution in [0.2, 0.25) is 0 Å². The van der Waals surface area contributed by atoms with Gasteiger partial charge in [-0.05, 0) is 12.1 Å². The van der Waals surface area contributed by atoms with Crippen molar-refractivity contribution in [2.75, 3.05) is 18.6 Å². The first-order valence-electron chi connectivity index (χ1n) is 6.44. The Morgan fingerprint density at radius 2 is 2.22 bits per heavy atom. The standard InChI is InChI=1S/C13H13N3O5S2/c1-20-12(18)9(6-23-16-19)14-11(17)7-22-13-15-8-4-2-3-5-10(8)21-13/h2-5,9H,6-7H2,1H3,(H,14,17)/t9-/m0/s1. The second kappa shape index (κ2) is 8.53. The number of esters is 1. The molecule has 122 valence electrons. The molecule has 0 aliphatic rings. The number of nitrogens with one attached hydrogen (secondary N) is 1. The van der Waals surface area contributed by atoms with E-state index in [2.05, 4.69) is 19.6 Å². The summed E-state index contributed by atoms with van der Waals surface area (Å²) in [6.07, 6.45) is 0. The van der Waals surface area contributed by atoms with Crippen LogP contribution >= 0.6 is 23.7 Å². The maximum atomic E-state index is 11.9. The van der Waals surface area contributed by atoms with Crippen LogP contribution in [0.4, 0.5) is 0 Å². The third-order valence-electron chi connectivity index (χ3n) is 2.72. The molecule has 0 bridgehead atoms. The second-order valence-electron chi connectivity index (χ2n) is 4.25. The molecular formula is C13H13N3O5S2. The Kier molecular flexibility index (Phi) is 6.41. The van der Waals surface area contributed by atoms with Crippen LogP contribution in [0.3, 0.4) is 0 Å². The Balaban J connectivity index is 1.89. The van der Waals surface area contributed by atoms with Crippen LogP contribution in [0.5, 0.6) is 0 Å². The summed E-state index contributed by atoms with van der Waals surface area (Å²) < 4.78 is 12.6. The number of carbonyl (C=O) groups is 2. The molecule has 0 aliphatic carbocycles. The first-order valence-corrected chi connectivity index (χ1v) is 8.37. The number of fused-ring (bicyclic) bond motifs is 1. The Labute approximate surface area is 139 Å². The smallest absolute Gasteiger partial charge is 0.329 e. The number of ether oxygens (including phenoxy) is 1. The van der Waals surface area contributed by atoms with Gasteiger partial charge in [0.2, 0.25) is 5.91 Å². The zero-order chi connectivity index (χ0) is 16.7. The zero-order valence-electron chi connectivity index (χ0n) is 12.1. The number of para-hydroxylation sites is 2. The average molecular weight is 355 g/mol. The van der Waals surface area contributed by atoms with Gasteiger partial charge in [0.25, 0.3) is 5.22 Å². The number of methoxy groups -OCH3 is 1. The quantitative estimate of drug-likeness (QED) is 0.331. The molecule has 2 rings (SSSR count). The molecule has 0 saturated carbocycles.